The Morgan fingerprint density at radius 1 is 1.11 bits per heavy atom. The van der Waals surface area contributed by atoms with Crippen LogP contribution in [0.5, 0.6) is 0 Å². The number of benzene rings is 1. The second kappa shape index (κ2) is 6.98. The Bertz CT molecular complexity index is 756. The number of aliphatic carboxylic acids is 1. The number of likely N-dealkylation sites (tertiary alicyclic amines) is 1. The highest BCUT2D eigenvalue weighted by Gasteiger charge is 2.50. The fraction of sp³-hybridized carbons (Fsp3) is 0.571. The van der Waals surface area contributed by atoms with Gasteiger partial charge in [-0.1, -0.05) is 20.8 Å². The third-order valence-corrected chi connectivity index (χ3v) is 5.69. The van der Waals surface area contributed by atoms with Gasteiger partial charge < -0.3 is 15.3 Å². The summed E-state index contributed by atoms with van der Waals surface area (Å²) >= 11 is 0. The molecule has 27 heavy (non-hydrogen) atoms. The van der Waals surface area contributed by atoms with Crippen molar-refractivity contribution in [2.24, 2.45) is 10.8 Å². The van der Waals surface area contributed by atoms with E-state index in [-0.39, 0.29) is 41.7 Å². The van der Waals surface area contributed by atoms with Gasteiger partial charge in [-0.15, -0.1) is 0 Å². The molecule has 2 aliphatic rings. The van der Waals surface area contributed by atoms with E-state index in [0.717, 1.165) is 25.8 Å². The van der Waals surface area contributed by atoms with Gasteiger partial charge in [0.05, 0.1) is 6.42 Å². The molecule has 1 aromatic rings. The number of amides is 2. The van der Waals surface area contributed by atoms with Crippen LogP contribution in [0.4, 0.5) is 0 Å². The fourth-order valence-corrected chi connectivity index (χ4v) is 5.01. The van der Waals surface area contributed by atoms with Gasteiger partial charge in [0.1, 0.15) is 0 Å². The minimum absolute atomic E-state index is 0.0271. The lowest BCUT2D eigenvalue weighted by atomic mass is 9.65. The summed E-state index contributed by atoms with van der Waals surface area (Å²) in [5.74, 6) is -1.26. The SMILES string of the molecule is CC1(C)CC2CC(C)(CN2C(=O)c2ccc(C(=O)NCCC(=O)O)cc2)C1. The van der Waals surface area contributed by atoms with Crippen LogP contribution < -0.4 is 5.32 Å². The van der Waals surface area contributed by atoms with Crippen molar-refractivity contribution in [3.8, 4) is 0 Å². The monoisotopic (exact) mass is 372 g/mol. The van der Waals surface area contributed by atoms with Gasteiger partial charge in [0.2, 0.25) is 0 Å². The molecule has 2 bridgehead atoms. The van der Waals surface area contributed by atoms with Crippen LogP contribution in [0, 0.1) is 10.8 Å². The van der Waals surface area contributed by atoms with E-state index in [4.69, 9.17) is 5.11 Å². The summed E-state index contributed by atoms with van der Waals surface area (Å²) in [5.41, 5.74) is 1.45. The third-order valence-electron chi connectivity index (χ3n) is 5.69. The molecule has 0 spiro atoms. The van der Waals surface area contributed by atoms with Crippen molar-refractivity contribution in [1.82, 2.24) is 10.2 Å². The summed E-state index contributed by atoms with van der Waals surface area (Å²) in [5, 5.41) is 11.2. The lowest BCUT2D eigenvalue weighted by Gasteiger charge is -2.39. The quantitative estimate of drug-likeness (QED) is 0.832. The van der Waals surface area contributed by atoms with Gasteiger partial charge in [0.15, 0.2) is 0 Å². The molecule has 1 saturated heterocycles. The van der Waals surface area contributed by atoms with Gasteiger partial charge in [-0.25, -0.2) is 0 Å². The number of carbonyl (C=O) groups excluding carboxylic acids is 2. The van der Waals surface area contributed by atoms with Crippen LogP contribution in [0.25, 0.3) is 0 Å². The van der Waals surface area contributed by atoms with Gasteiger partial charge >= 0.3 is 5.97 Å². The van der Waals surface area contributed by atoms with Gasteiger partial charge in [-0.05, 0) is 54.4 Å². The molecule has 1 aliphatic heterocycles. The van der Waals surface area contributed by atoms with Crippen LogP contribution >= 0.6 is 0 Å². The number of nitrogens with zero attached hydrogens (tertiary/aromatic N) is 1. The number of rotatable bonds is 5. The lowest BCUT2D eigenvalue weighted by molar-refractivity contribution is -0.136. The predicted molar refractivity (Wildman–Crippen MR) is 102 cm³/mol. The smallest absolute Gasteiger partial charge is 0.305 e. The van der Waals surface area contributed by atoms with Gasteiger partial charge in [-0.2, -0.15) is 0 Å². The number of carboxylic acids is 1. The molecule has 146 valence electrons. The highest BCUT2D eigenvalue weighted by atomic mass is 16.4. The molecule has 1 aliphatic carbocycles. The largest absolute Gasteiger partial charge is 0.481 e. The molecule has 6 heteroatoms. The van der Waals surface area contributed by atoms with Crippen molar-refractivity contribution in [2.45, 2.75) is 52.5 Å². The standard InChI is InChI=1S/C21H28N2O4/c1-20(2)10-16-11-21(3,12-20)13-23(16)19(27)15-6-4-14(5-7-15)18(26)22-9-8-17(24)25/h4-7,16H,8-13H2,1-3H3,(H,22,26)(H,24,25). The summed E-state index contributed by atoms with van der Waals surface area (Å²) in [7, 11) is 0. The van der Waals surface area contributed by atoms with Crippen molar-refractivity contribution in [1.29, 1.82) is 0 Å². The zero-order valence-corrected chi connectivity index (χ0v) is 16.2. The zero-order chi connectivity index (χ0) is 19.8. The number of nitrogens with one attached hydrogen (secondary N) is 1. The maximum absolute atomic E-state index is 13.0. The van der Waals surface area contributed by atoms with Crippen LogP contribution in [0.1, 0.15) is 67.2 Å². The Morgan fingerprint density at radius 3 is 2.37 bits per heavy atom. The molecule has 1 heterocycles. The van der Waals surface area contributed by atoms with Gasteiger partial charge in [-0.3, -0.25) is 14.4 Å². The van der Waals surface area contributed by atoms with E-state index in [1.165, 1.54) is 0 Å². The molecule has 2 fully saturated rings. The van der Waals surface area contributed by atoms with Crippen molar-refractivity contribution in [3.05, 3.63) is 35.4 Å². The highest BCUT2D eigenvalue weighted by Crippen LogP contribution is 2.52. The molecule has 2 atom stereocenters. The molecule has 1 aromatic carbocycles. The Balaban J connectivity index is 1.66. The molecule has 6 nitrogen and oxygen atoms in total. The normalized spacial score (nSPS) is 25.9. The molecule has 0 radical (unpaired) electrons. The Morgan fingerprint density at radius 2 is 1.74 bits per heavy atom. The minimum Gasteiger partial charge on any atom is -0.481 e. The average Bonchev–Trinajstić information content (AvgIpc) is 2.82. The first-order valence-electron chi connectivity index (χ1n) is 9.50. The van der Waals surface area contributed by atoms with Gasteiger partial charge in [0.25, 0.3) is 11.8 Å². The number of hydrogen-bond acceptors (Lipinski definition) is 3. The second-order valence-corrected chi connectivity index (χ2v) is 9.12. The highest BCUT2D eigenvalue weighted by molar-refractivity contribution is 5.98. The van der Waals surface area contributed by atoms with Crippen LogP contribution in [-0.4, -0.2) is 46.9 Å². The van der Waals surface area contributed by atoms with Crippen molar-refractivity contribution in [2.75, 3.05) is 13.1 Å². The molecular formula is C21H28N2O4. The fourth-order valence-electron chi connectivity index (χ4n) is 5.01. The van der Waals surface area contributed by atoms with Crippen molar-refractivity contribution in [3.63, 3.8) is 0 Å². The number of fused-ring (bicyclic) bond motifs is 2. The molecule has 2 amide bonds. The van der Waals surface area contributed by atoms with Crippen LogP contribution in [-0.2, 0) is 4.79 Å². The van der Waals surface area contributed by atoms with E-state index in [1.807, 2.05) is 4.90 Å². The molecular weight excluding hydrogens is 344 g/mol. The summed E-state index contributed by atoms with van der Waals surface area (Å²) in [6.07, 6.45) is 3.11. The Kier molecular flexibility index (Phi) is 5.02. The zero-order valence-electron chi connectivity index (χ0n) is 16.2. The van der Waals surface area contributed by atoms with Crippen molar-refractivity contribution < 1.29 is 19.5 Å². The minimum atomic E-state index is -0.955. The molecule has 0 aromatic heterocycles. The Hall–Kier alpha value is -2.37. The molecule has 1 saturated carbocycles. The summed E-state index contributed by atoms with van der Waals surface area (Å²) in [4.78, 5) is 37.6. The van der Waals surface area contributed by atoms with Crippen LogP contribution in [0.2, 0.25) is 0 Å². The van der Waals surface area contributed by atoms with E-state index < -0.39 is 5.97 Å². The topological polar surface area (TPSA) is 86.7 Å². The molecule has 2 unspecified atom stereocenters. The van der Waals surface area contributed by atoms with E-state index in [2.05, 4.69) is 26.1 Å². The molecule has 2 N–H and O–H groups in total. The van der Waals surface area contributed by atoms with Crippen LogP contribution in [0.15, 0.2) is 24.3 Å². The van der Waals surface area contributed by atoms with Crippen molar-refractivity contribution >= 4 is 17.8 Å². The van der Waals surface area contributed by atoms with E-state index in [0.29, 0.717) is 11.1 Å². The summed E-state index contributed by atoms with van der Waals surface area (Å²) in [6, 6.07) is 6.90. The number of carbonyl (C=O) groups is 3. The lowest BCUT2D eigenvalue weighted by Crippen LogP contribution is -2.37. The summed E-state index contributed by atoms with van der Waals surface area (Å²) in [6.45, 7) is 7.71. The predicted octanol–water partition coefficient (Wildman–Crippen LogP) is 2.93. The molecule has 3 rings (SSSR count). The first-order valence-corrected chi connectivity index (χ1v) is 9.50. The van der Waals surface area contributed by atoms with E-state index in [1.54, 1.807) is 24.3 Å². The number of hydrogen-bond donors (Lipinski definition) is 2. The number of carboxylic acid groups (broad SMARTS) is 1. The average molecular weight is 372 g/mol. The van der Waals surface area contributed by atoms with Gasteiger partial charge in [0, 0.05) is 30.3 Å². The van der Waals surface area contributed by atoms with E-state index >= 15 is 0 Å². The summed E-state index contributed by atoms with van der Waals surface area (Å²) < 4.78 is 0. The maximum Gasteiger partial charge on any atom is 0.305 e. The Labute approximate surface area is 159 Å². The first kappa shape index (κ1) is 19.4. The third kappa shape index (κ3) is 4.31. The first-order chi connectivity index (χ1) is 12.6. The second-order valence-electron chi connectivity index (χ2n) is 9.12. The van der Waals surface area contributed by atoms with Crippen LogP contribution in [0.3, 0.4) is 0 Å². The maximum atomic E-state index is 13.0. The van der Waals surface area contributed by atoms with E-state index in [9.17, 15) is 14.4 Å².